The highest BCUT2D eigenvalue weighted by molar-refractivity contribution is 5.04. The average Bonchev–Trinajstić information content (AvgIpc) is 2.30. The number of aliphatic hydroxyl groups is 1. The summed E-state index contributed by atoms with van der Waals surface area (Å²) in [7, 11) is 0. The van der Waals surface area contributed by atoms with Crippen molar-refractivity contribution in [3.63, 3.8) is 0 Å². The summed E-state index contributed by atoms with van der Waals surface area (Å²) < 4.78 is 30.9. The van der Waals surface area contributed by atoms with Crippen molar-refractivity contribution in [2.24, 2.45) is 29.1 Å². The van der Waals surface area contributed by atoms with Crippen molar-refractivity contribution in [1.29, 1.82) is 0 Å². The van der Waals surface area contributed by atoms with Crippen LogP contribution in [-0.4, -0.2) is 30.8 Å². The van der Waals surface area contributed by atoms with Gasteiger partial charge in [0.1, 0.15) is 6.61 Å². The van der Waals surface area contributed by atoms with E-state index < -0.39 is 12.5 Å². The van der Waals surface area contributed by atoms with Crippen LogP contribution in [-0.2, 0) is 4.74 Å². The Labute approximate surface area is 113 Å². The summed E-state index contributed by atoms with van der Waals surface area (Å²) in [6.45, 7) is 1.23. The summed E-state index contributed by atoms with van der Waals surface area (Å²) in [5.41, 5.74) is 0.154. The van der Waals surface area contributed by atoms with Crippen molar-refractivity contribution in [2.45, 2.75) is 45.0 Å². The van der Waals surface area contributed by atoms with Crippen LogP contribution in [0.3, 0.4) is 0 Å². The van der Waals surface area contributed by atoms with Crippen LogP contribution in [0.2, 0.25) is 0 Å². The molecule has 0 spiro atoms. The smallest absolute Gasteiger partial charge is 0.268 e. The number of alkyl halides is 2. The van der Waals surface area contributed by atoms with Crippen LogP contribution < -0.4 is 0 Å². The maximum atomic E-state index is 12.8. The SMILES string of the molecule is CC(F)(F)COCC1C2CC3CC1CC(CO)(C3)C2. The van der Waals surface area contributed by atoms with E-state index in [0.717, 1.165) is 25.7 Å². The molecule has 0 saturated heterocycles. The second-order valence-electron chi connectivity index (χ2n) is 7.38. The molecule has 4 rings (SSSR count). The normalized spacial score (nSPS) is 44.8. The number of ether oxygens (including phenoxy) is 1. The fourth-order valence-electron chi connectivity index (χ4n) is 5.14. The van der Waals surface area contributed by atoms with Gasteiger partial charge < -0.3 is 9.84 Å². The van der Waals surface area contributed by atoms with Crippen LogP contribution in [0.1, 0.15) is 39.0 Å². The molecule has 4 aliphatic rings. The number of hydrogen-bond acceptors (Lipinski definition) is 2. The standard InChI is InChI=1S/C15H24F2O2/c1-14(16,17)9-19-7-13-11-2-10-3-12(13)6-15(4-10,5-11)8-18/h10-13,18H,2-9H2,1H3. The van der Waals surface area contributed by atoms with Gasteiger partial charge in [0.25, 0.3) is 5.92 Å². The van der Waals surface area contributed by atoms with Gasteiger partial charge in [-0.25, -0.2) is 8.78 Å². The Balaban J connectivity index is 1.60. The van der Waals surface area contributed by atoms with Gasteiger partial charge in [0.2, 0.25) is 0 Å². The van der Waals surface area contributed by atoms with Gasteiger partial charge in [-0.1, -0.05) is 0 Å². The highest BCUT2D eigenvalue weighted by Crippen LogP contribution is 2.62. The Morgan fingerprint density at radius 1 is 1.21 bits per heavy atom. The van der Waals surface area contributed by atoms with Crippen molar-refractivity contribution >= 4 is 0 Å². The largest absolute Gasteiger partial charge is 0.396 e. The van der Waals surface area contributed by atoms with Crippen molar-refractivity contribution in [3.05, 3.63) is 0 Å². The molecule has 4 heteroatoms. The molecule has 4 aliphatic carbocycles. The quantitative estimate of drug-likeness (QED) is 0.835. The van der Waals surface area contributed by atoms with Gasteiger partial charge in [-0.15, -0.1) is 0 Å². The molecule has 2 nitrogen and oxygen atoms in total. The molecule has 2 atom stereocenters. The van der Waals surface area contributed by atoms with Gasteiger partial charge in [0.05, 0.1) is 6.61 Å². The third kappa shape index (κ3) is 2.66. The molecule has 0 aromatic heterocycles. The van der Waals surface area contributed by atoms with Crippen LogP contribution in [0, 0.1) is 29.1 Å². The topological polar surface area (TPSA) is 29.5 Å². The molecule has 0 radical (unpaired) electrons. The minimum absolute atomic E-state index is 0.154. The van der Waals surface area contributed by atoms with E-state index in [9.17, 15) is 13.9 Å². The Morgan fingerprint density at radius 3 is 2.37 bits per heavy atom. The molecule has 0 aromatic carbocycles. The summed E-state index contributed by atoms with van der Waals surface area (Å²) in [6, 6.07) is 0. The highest BCUT2D eigenvalue weighted by atomic mass is 19.3. The first kappa shape index (κ1) is 13.7. The zero-order valence-corrected chi connectivity index (χ0v) is 11.6. The van der Waals surface area contributed by atoms with Crippen LogP contribution >= 0.6 is 0 Å². The molecule has 0 amide bonds. The average molecular weight is 274 g/mol. The maximum absolute atomic E-state index is 12.8. The number of aliphatic hydroxyl groups excluding tert-OH is 1. The zero-order chi connectivity index (χ0) is 13.7. The molecule has 19 heavy (non-hydrogen) atoms. The zero-order valence-electron chi connectivity index (χ0n) is 11.6. The van der Waals surface area contributed by atoms with Crippen molar-refractivity contribution in [3.8, 4) is 0 Å². The van der Waals surface area contributed by atoms with Gasteiger partial charge in [0.15, 0.2) is 0 Å². The maximum Gasteiger partial charge on any atom is 0.268 e. The first-order valence-electron chi connectivity index (χ1n) is 7.47. The van der Waals surface area contributed by atoms with Crippen LogP contribution in [0.5, 0.6) is 0 Å². The number of rotatable bonds is 5. The van der Waals surface area contributed by atoms with Crippen LogP contribution in [0.15, 0.2) is 0 Å². The van der Waals surface area contributed by atoms with E-state index in [1.165, 1.54) is 19.3 Å². The minimum Gasteiger partial charge on any atom is -0.396 e. The Bertz CT molecular complexity index is 324. The summed E-state index contributed by atoms with van der Waals surface area (Å²) in [6.07, 6.45) is 5.76. The molecule has 0 heterocycles. The van der Waals surface area contributed by atoms with Gasteiger partial charge in [-0.05, 0) is 61.2 Å². The van der Waals surface area contributed by atoms with Crippen molar-refractivity contribution in [2.75, 3.05) is 19.8 Å². The Kier molecular flexibility index (Phi) is 3.37. The van der Waals surface area contributed by atoms with E-state index in [4.69, 9.17) is 4.74 Å². The van der Waals surface area contributed by atoms with E-state index in [2.05, 4.69) is 0 Å². The molecule has 1 N–H and O–H groups in total. The van der Waals surface area contributed by atoms with E-state index in [1.54, 1.807) is 0 Å². The lowest BCUT2D eigenvalue weighted by molar-refractivity contribution is -0.144. The summed E-state index contributed by atoms with van der Waals surface area (Å²) in [4.78, 5) is 0. The fraction of sp³-hybridized carbons (Fsp3) is 1.00. The van der Waals surface area contributed by atoms with Crippen molar-refractivity contribution in [1.82, 2.24) is 0 Å². The van der Waals surface area contributed by atoms with Crippen LogP contribution in [0.4, 0.5) is 8.78 Å². The van der Waals surface area contributed by atoms with Gasteiger partial charge in [-0.2, -0.15) is 0 Å². The minimum atomic E-state index is -2.72. The first-order chi connectivity index (χ1) is 8.91. The van der Waals surface area contributed by atoms with Gasteiger partial charge in [-0.3, -0.25) is 0 Å². The molecule has 110 valence electrons. The predicted octanol–water partition coefficient (Wildman–Crippen LogP) is 3.09. The fourth-order valence-corrected chi connectivity index (χ4v) is 5.14. The van der Waals surface area contributed by atoms with Crippen LogP contribution in [0.25, 0.3) is 0 Å². The molecular formula is C15H24F2O2. The van der Waals surface area contributed by atoms with E-state index >= 15 is 0 Å². The molecule has 0 aliphatic heterocycles. The summed E-state index contributed by atoms with van der Waals surface area (Å²) in [5, 5.41) is 9.67. The van der Waals surface area contributed by atoms with Gasteiger partial charge >= 0.3 is 0 Å². The molecular weight excluding hydrogens is 250 g/mol. The molecule has 4 saturated carbocycles. The molecule has 0 aromatic rings. The molecule has 4 bridgehead atoms. The van der Waals surface area contributed by atoms with Crippen molar-refractivity contribution < 1.29 is 18.6 Å². The van der Waals surface area contributed by atoms with E-state index in [-0.39, 0.29) is 5.41 Å². The summed E-state index contributed by atoms with van der Waals surface area (Å²) in [5.74, 6) is -0.349. The monoisotopic (exact) mass is 274 g/mol. The van der Waals surface area contributed by atoms with Gasteiger partial charge in [0, 0.05) is 13.5 Å². The lowest BCUT2D eigenvalue weighted by Gasteiger charge is -2.59. The first-order valence-corrected chi connectivity index (χ1v) is 7.47. The lowest BCUT2D eigenvalue weighted by Crippen LogP contribution is -2.53. The third-order valence-corrected chi connectivity index (χ3v) is 5.60. The molecule has 4 fully saturated rings. The predicted molar refractivity (Wildman–Crippen MR) is 68.0 cm³/mol. The third-order valence-electron chi connectivity index (χ3n) is 5.60. The lowest BCUT2D eigenvalue weighted by atomic mass is 9.46. The number of halogens is 2. The Hall–Kier alpha value is -0.220. The number of hydrogen-bond donors (Lipinski definition) is 1. The summed E-state index contributed by atoms with van der Waals surface area (Å²) >= 11 is 0. The highest BCUT2D eigenvalue weighted by Gasteiger charge is 2.54. The van der Waals surface area contributed by atoms with E-state index in [0.29, 0.717) is 31.0 Å². The Morgan fingerprint density at radius 2 is 1.84 bits per heavy atom. The molecule has 2 unspecified atom stereocenters. The van der Waals surface area contributed by atoms with E-state index in [1.807, 2.05) is 0 Å². The second-order valence-corrected chi connectivity index (χ2v) is 7.38. The second kappa shape index (κ2) is 4.66.